The van der Waals surface area contributed by atoms with Crippen LogP contribution in [0.4, 0.5) is 0 Å². The lowest BCUT2D eigenvalue weighted by molar-refractivity contribution is 0.522. The van der Waals surface area contributed by atoms with Gasteiger partial charge in [-0.15, -0.1) is 0 Å². The predicted molar refractivity (Wildman–Crippen MR) is 92.7 cm³/mol. The summed E-state index contributed by atoms with van der Waals surface area (Å²) in [4.78, 5) is 12.6. The predicted octanol–water partition coefficient (Wildman–Crippen LogP) is 1.34. The maximum Gasteiger partial charge on any atom is 0.241 e. The molecule has 8 heteroatoms. The Morgan fingerprint density at radius 3 is 2.38 bits per heavy atom. The smallest absolute Gasteiger partial charge is 0.241 e. The average Bonchev–Trinajstić information content (AvgIpc) is 2.59. The van der Waals surface area contributed by atoms with E-state index in [1.807, 2.05) is 13.8 Å². The van der Waals surface area contributed by atoms with Crippen LogP contribution in [0.25, 0.3) is 0 Å². The van der Waals surface area contributed by atoms with Gasteiger partial charge in [-0.2, -0.15) is 0 Å². The minimum absolute atomic E-state index is 0.0658. The SMILES string of the molecule is CC(C)C(NS(=O)(=O)c1ccccc1)C(N)=NCc1ncccn1. The van der Waals surface area contributed by atoms with Crippen LogP contribution >= 0.6 is 0 Å². The Bertz CT molecular complexity index is 777. The lowest BCUT2D eigenvalue weighted by Crippen LogP contribution is -2.47. The highest BCUT2D eigenvalue weighted by molar-refractivity contribution is 7.89. The summed E-state index contributed by atoms with van der Waals surface area (Å²) in [7, 11) is -3.67. The van der Waals surface area contributed by atoms with Gasteiger partial charge in [0.05, 0.1) is 10.9 Å². The van der Waals surface area contributed by atoms with Crippen LogP contribution in [0.2, 0.25) is 0 Å². The van der Waals surface area contributed by atoms with Crippen molar-refractivity contribution < 1.29 is 8.42 Å². The number of aliphatic imine (C=N–C) groups is 1. The monoisotopic (exact) mass is 347 g/mol. The summed E-state index contributed by atoms with van der Waals surface area (Å²) in [6, 6.07) is 9.26. The van der Waals surface area contributed by atoms with Gasteiger partial charge >= 0.3 is 0 Å². The second kappa shape index (κ2) is 7.98. The first-order valence-corrected chi connectivity index (χ1v) is 9.01. The third kappa shape index (κ3) is 4.84. The van der Waals surface area contributed by atoms with Crippen LogP contribution in [0, 0.1) is 5.92 Å². The zero-order valence-electron chi connectivity index (χ0n) is 13.6. The maximum absolute atomic E-state index is 12.5. The van der Waals surface area contributed by atoms with E-state index in [2.05, 4.69) is 19.7 Å². The molecule has 2 rings (SSSR count). The number of nitrogens with one attached hydrogen (secondary N) is 1. The molecule has 7 nitrogen and oxygen atoms in total. The molecule has 1 aromatic heterocycles. The summed E-state index contributed by atoms with van der Waals surface area (Å²) in [5.74, 6) is 0.662. The van der Waals surface area contributed by atoms with Gasteiger partial charge in [-0.3, -0.25) is 4.99 Å². The van der Waals surface area contributed by atoms with Gasteiger partial charge in [-0.05, 0) is 24.1 Å². The molecule has 0 fully saturated rings. The molecule has 1 atom stereocenters. The standard InChI is InChI=1S/C16H21N5O2S/c1-12(2)15(16(17)20-11-14-18-9-6-10-19-14)21-24(22,23)13-7-4-3-5-8-13/h3-10,12,15,21H,11H2,1-2H3,(H2,17,20). The van der Waals surface area contributed by atoms with Crippen LogP contribution in [0.5, 0.6) is 0 Å². The van der Waals surface area contributed by atoms with E-state index in [-0.39, 0.29) is 23.2 Å². The van der Waals surface area contributed by atoms with E-state index in [1.165, 1.54) is 12.1 Å². The quantitative estimate of drug-likeness (QED) is 0.580. The van der Waals surface area contributed by atoms with Crippen LogP contribution in [0.3, 0.4) is 0 Å². The number of hydrogen-bond acceptors (Lipinski definition) is 5. The molecular formula is C16H21N5O2S. The van der Waals surface area contributed by atoms with E-state index in [0.717, 1.165) is 0 Å². The van der Waals surface area contributed by atoms with Gasteiger partial charge in [0, 0.05) is 12.4 Å². The Kier molecular flexibility index (Phi) is 5.99. The third-order valence-corrected chi connectivity index (χ3v) is 4.80. The van der Waals surface area contributed by atoms with Crippen LogP contribution in [-0.2, 0) is 16.6 Å². The number of amidine groups is 1. The Balaban J connectivity index is 2.17. The van der Waals surface area contributed by atoms with Crippen LogP contribution < -0.4 is 10.5 Å². The van der Waals surface area contributed by atoms with Crippen LogP contribution in [0.1, 0.15) is 19.7 Å². The molecular weight excluding hydrogens is 326 g/mol. The molecule has 0 spiro atoms. The first kappa shape index (κ1) is 18.0. The van der Waals surface area contributed by atoms with Crippen molar-refractivity contribution in [3.63, 3.8) is 0 Å². The van der Waals surface area contributed by atoms with Gasteiger partial charge < -0.3 is 5.73 Å². The molecule has 0 bridgehead atoms. The number of hydrogen-bond donors (Lipinski definition) is 2. The van der Waals surface area contributed by atoms with Crippen molar-refractivity contribution in [2.45, 2.75) is 31.3 Å². The number of sulfonamides is 1. The zero-order chi connectivity index (χ0) is 17.6. The number of aromatic nitrogens is 2. The van der Waals surface area contributed by atoms with Crippen molar-refractivity contribution in [2.75, 3.05) is 0 Å². The minimum Gasteiger partial charge on any atom is -0.386 e. The first-order chi connectivity index (χ1) is 11.4. The lowest BCUT2D eigenvalue weighted by Gasteiger charge is -2.22. The number of benzene rings is 1. The Labute approximate surface area is 142 Å². The molecule has 3 N–H and O–H groups in total. The molecule has 0 aliphatic carbocycles. The Hall–Kier alpha value is -2.32. The first-order valence-electron chi connectivity index (χ1n) is 7.53. The molecule has 0 radical (unpaired) electrons. The van der Waals surface area contributed by atoms with E-state index in [1.54, 1.807) is 36.7 Å². The van der Waals surface area contributed by atoms with Gasteiger partial charge in [-0.25, -0.2) is 23.1 Å². The van der Waals surface area contributed by atoms with E-state index in [0.29, 0.717) is 5.82 Å². The average molecular weight is 347 g/mol. The van der Waals surface area contributed by atoms with E-state index >= 15 is 0 Å². The zero-order valence-corrected chi connectivity index (χ0v) is 14.4. The molecule has 0 saturated carbocycles. The summed E-state index contributed by atoms with van der Waals surface area (Å²) in [5.41, 5.74) is 6.02. The van der Waals surface area contributed by atoms with Gasteiger partial charge in [0.25, 0.3) is 0 Å². The van der Waals surface area contributed by atoms with Crippen LogP contribution in [0.15, 0.2) is 58.7 Å². The molecule has 0 aliphatic rings. The highest BCUT2D eigenvalue weighted by Crippen LogP contribution is 2.11. The fourth-order valence-corrected chi connectivity index (χ4v) is 3.42. The molecule has 0 amide bonds. The van der Waals surface area contributed by atoms with E-state index in [9.17, 15) is 8.42 Å². The van der Waals surface area contributed by atoms with E-state index < -0.39 is 16.1 Å². The van der Waals surface area contributed by atoms with Crippen molar-refractivity contribution in [1.29, 1.82) is 0 Å². The Morgan fingerprint density at radius 2 is 1.79 bits per heavy atom. The lowest BCUT2D eigenvalue weighted by atomic mass is 10.1. The normalized spacial score (nSPS) is 13.9. The molecule has 24 heavy (non-hydrogen) atoms. The van der Waals surface area contributed by atoms with Crippen molar-refractivity contribution in [2.24, 2.45) is 16.6 Å². The molecule has 2 aromatic rings. The molecule has 1 unspecified atom stereocenters. The van der Waals surface area contributed by atoms with Crippen molar-refractivity contribution >= 4 is 15.9 Å². The summed E-state index contributed by atoms with van der Waals surface area (Å²) < 4.78 is 27.6. The van der Waals surface area contributed by atoms with Gasteiger partial charge in [0.15, 0.2) is 0 Å². The Morgan fingerprint density at radius 1 is 1.17 bits per heavy atom. The summed E-state index contributed by atoms with van der Waals surface area (Å²) in [6.45, 7) is 3.95. The topological polar surface area (TPSA) is 110 Å². The van der Waals surface area contributed by atoms with Gasteiger partial charge in [0.1, 0.15) is 18.2 Å². The highest BCUT2D eigenvalue weighted by atomic mass is 32.2. The van der Waals surface area contributed by atoms with Gasteiger partial charge in [-0.1, -0.05) is 32.0 Å². The van der Waals surface area contributed by atoms with Gasteiger partial charge in [0.2, 0.25) is 10.0 Å². The number of nitrogens with two attached hydrogens (primary N) is 1. The minimum atomic E-state index is -3.67. The number of nitrogens with zero attached hydrogens (tertiary/aromatic N) is 3. The van der Waals surface area contributed by atoms with Crippen molar-refractivity contribution in [3.05, 3.63) is 54.6 Å². The fourth-order valence-electron chi connectivity index (χ4n) is 2.04. The fraction of sp³-hybridized carbons (Fsp3) is 0.312. The largest absolute Gasteiger partial charge is 0.386 e. The molecule has 1 heterocycles. The van der Waals surface area contributed by atoms with Crippen molar-refractivity contribution in [3.8, 4) is 0 Å². The highest BCUT2D eigenvalue weighted by Gasteiger charge is 2.25. The summed E-state index contributed by atoms with van der Waals surface area (Å²) >= 11 is 0. The molecule has 128 valence electrons. The van der Waals surface area contributed by atoms with Crippen molar-refractivity contribution in [1.82, 2.24) is 14.7 Å². The summed E-state index contributed by atoms with van der Waals surface area (Å²) in [5, 5.41) is 0. The number of rotatable bonds is 7. The maximum atomic E-state index is 12.5. The summed E-state index contributed by atoms with van der Waals surface area (Å²) in [6.07, 6.45) is 3.23. The third-order valence-electron chi connectivity index (χ3n) is 3.34. The second-order valence-corrected chi connectivity index (χ2v) is 7.28. The van der Waals surface area contributed by atoms with E-state index in [4.69, 9.17) is 5.73 Å². The molecule has 0 aliphatic heterocycles. The van der Waals surface area contributed by atoms with Crippen LogP contribution in [-0.4, -0.2) is 30.3 Å². The molecule has 1 aromatic carbocycles. The molecule has 0 saturated heterocycles. The second-order valence-electron chi connectivity index (χ2n) is 5.56.